The van der Waals surface area contributed by atoms with Gasteiger partial charge in [-0.25, -0.2) is 4.98 Å². The fourth-order valence-electron chi connectivity index (χ4n) is 2.57. The molecule has 2 rings (SSSR count). The fraction of sp³-hybridized carbons (Fsp3) is 0.643. The van der Waals surface area contributed by atoms with Crippen LogP contribution in [0.15, 0.2) is 6.33 Å². The van der Waals surface area contributed by atoms with E-state index in [9.17, 15) is 4.79 Å². The summed E-state index contributed by atoms with van der Waals surface area (Å²) in [6.07, 6.45) is 3.10. The van der Waals surface area contributed by atoms with Crippen molar-refractivity contribution >= 4 is 17.4 Å². The van der Waals surface area contributed by atoms with Gasteiger partial charge in [-0.15, -0.1) is 0 Å². The van der Waals surface area contributed by atoms with Gasteiger partial charge in [0.2, 0.25) is 11.8 Å². The Bertz CT molecular complexity index is 522. The van der Waals surface area contributed by atoms with E-state index in [-0.39, 0.29) is 5.91 Å². The molecule has 3 N–H and O–H groups in total. The first-order chi connectivity index (χ1) is 10.0. The minimum absolute atomic E-state index is 0.0417. The molecule has 1 amide bonds. The molecule has 1 unspecified atom stereocenters. The molecule has 116 valence electrons. The zero-order valence-corrected chi connectivity index (χ0v) is 12.8. The maximum Gasteiger partial charge on any atom is 0.242 e. The van der Waals surface area contributed by atoms with Crippen LogP contribution < -0.4 is 20.7 Å². The summed E-state index contributed by atoms with van der Waals surface area (Å²) in [4.78, 5) is 22.3. The quantitative estimate of drug-likeness (QED) is 0.834. The van der Waals surface area contributed by atoms with Gasteiger partial charge in [0.25, 0.3) is 0 Å². The number of anilines is 2. The molecule has 7 nitrogen and oxygen atoms in total. The molecule has 2 heterocycles. The lowest BCUT2D eigenvalue weighted by molar-refractivity contribution is -0.128. The number of aromatic nitrogens is 2. The SMILES string of the molecule is CCCOc1ncnc(N2CCC(C)(C(=O)NC)C2)c1N. The van der Waals surface area contributed by atoms with Crippen molar-refractivity contribution in [3.8, 4) is 5.88 Å². The normalized spacial score (nSPS) is 21.4. The molecule has 0 bridgehead atoms. The summed E-state index contributed by atoms with van der Waals surface area (Å²) in [7, 11) is 1.66. The van der Waals surface area contributed by atoms with E-state index in [0.29, 0.717) is 30.5 Å². The molecule has 1 atom stereocenters. The number of nitrogens with one attached hydrogen (secondary N) is 1. The Morgan fingerprint density at radius 1 is 1.57 bits per heavy atom. The molecule has 0 aliphatic carbocycles. The summed E-state index contributed by atoms with van der Waals surface area (Å²) in [5, 5.41) is 2.72. The number of amides is 1. The van der Waals surface area contributed by atoms with Gasteiger partial charge in [0.15, 0.2) is 5.82 Å². The molecule has 1 aromatic rings. The molecule has 0 aromatic carbocycles. The summed E-state index contributed by atoms with van der Waals surface area (Å²) in [6.45, 7) is 5.86. The van der Waals surface area contributed by atoms with Crippen molar-refractivity contribution in [2.75, 3.05) is 37.4 Å². The summed E-state index contributed by atoms with van der Waals surface area (Å²) in [5.41, 5.74) is 6.13. The van der Waals surface area contributed by atoms with Crippen LogP contribution in [0.3, 0.4) is 0 Å². The second kappa shape index (κ2) is 6.15. The summed E-state index contributed by atoms with van der Waals surface area (Å²) < 4.78 is 5.52. The predicted octanol–water partition coefficient (Wildman–Crippen LogP) is 0.810. The maximum absolute atomic E-state index is 12.0. The van der Waals surface area contributed by atoms with Gasteiger partial charge in [0.1, 0.15) is 12.0 Å². The van der Waals surface area contributed by atoms with E-state index in [4.69, 9.17) is 10.5 Å². The molecular formula is C14H23N5O2. The van der Waals surface area contributed by atoms with Gasteiger partial charge in [-0.2, -0.15) is 4.98 Å². The molecule has 1 saturated heterocycles. The van der Waals surface area contributed by atoms with Crippen LogP contribution >= 0.6 is 0 Å². The highest BCUT2D eigenvalue weighted by Gasteiger charge is 2.41. The predicted molar refractivity (Wildman–Crippen MR) is 81.2 cm³/mol. The van der Waals surface area contributed by atoms with Gasteiger partial charge >= 0.3 is 0 Å². The lowest BCUT2D eigenvalue weighted by atomic mass is 9.89. The average molecular weight is 293 g/mol. The largest absolute Gasteiger partial charge is 0.476 e. The Kier molecular flexibility index (Phi) is 4.50. The van der Waals surface area contributed by atoms with Crippen LogP contribution in [-0.4, -0.2) is 42.6 Å². The first-order valence-corrected chi connectivity index (χ1v) is 7.22. The number of nitrogen functional groups attached to an aromatic ring is 1. The summed E-state index contributed by atoms with van der Waals surface area (Å²) in [6, 6.07) is 0. The average Bonchev–Trinajstić information content (AvgIpc) is 2.89. The van der Waals surface area contributed by atoms with Gasteiger partial charge in [0, 0.05) is 20.1 Å². The standard InChI is InChI=1S/C14H23N5O2/c1-4-7-21-12-10(15)11(17-9-18-12)19-6-5-14(2,8-19)13(20)16-3/h9H,4-8,15H2,1-3H3,(H,16,20). The van der Waals surface area contributed by atoms with Crippen molar-refractivity contribution in [1.29, 1.82) is 0 Å². The number of carbonyl (C=O) groups is 1. The van der Waals surface area contributed by atoms with Crippen LogP contribution in [0.5, 0.6) is 5.88 Å². The zero-order chi connectivity index (χ0) is 15.5. The van der Waals surface area contributed by atoms with E-state index in [2.05, 4.69) is 15.3 Å². The minimum Gasteiger partial charge on any atom is -0.476 e. The molecule has 0 radical (unpaired) electrons. The summed E-state index contributed by atoms with van der Waals surface area (Å²) >= 11 is 0. The van der Waals surface area contributed by atoms with Gasteiger partial charge in [0.05, 0.1) is 12.0 Å². The minimum atomic E-state index is -0.420. The van der Waals surface area contributed by atoms with Crippen molar-refractivity contribution in [2.24, 2.45) is 5.41 Å². The number of carbonyl (C=O) groups excluding carboxylic acids is 1. The van der Waals surface area contributed by atoms with E-state index in [1.807, 2.05) is 18.7 Å². The number of rotatable bonds is 5. The molecular weight excluding hydrogens is 270 g/mol. The topological polar surface area (TPSA) is 93.4 Å². The highest BCUT2D eigenvalue weighted by atomic mass is 16.5. The van der Waals surface area contributed by atoms with Crippen LogP contribution in [0.4, 0.5) is 11.5 Å². The molecule has 1 aromatic heterocycles. The third kappa shape index (κ3) is 3.01. The molecule has 1 aliphatic heterocycles. The Balaban J connectivity index is 2.18. The fourth-order valence-corrected chi connectivity index (χ4v) is 2.57. The van der Waals surface area contributed by atoms with Crippen LogP contribution in [-0.2, 0) is 4.79 Å². The van der Waals surface area contributed by atoms with E-state index >= 15 is 0 Å². The third-order valence-corrected chi connectivity index (χ3v) is 3.82. The van der Waals surface area contributed by atoms with Gasteiger partial charge in [-0.3, -0.25) is 4.79 Å². The number of hydrogen-bond donors (Lipinski definition) is 2. The molecule has 1 aliphatic rings. The van der Waals surface area contributed by atoms with Crippen LogP contribution in [0, 0.1) is 5.41 Å². The van der Waals surface area contributed by atoms with Gasteiger partial charge < -0.3 is 20.7 Å². The van der Waals surface area contributed by atoms with Crippen LogP contribution in [0.2, 0.25) is 0 Å². The summed E-state index contributed by atoms with van der Waals surface area (Å²) in [5.74, 6) is 1.10. The second-order valence-electron chi connectivity index (χ2n) is 5.58. The van der Waals surface area contributed by atoms with Gasteiger partial charge in [-0.1, -0.05) is 6.92 Å². The number of nitrogens with zero attached hydrogens (tertiary/aromatic N) is 3. The molecule has 7 heteroatoms. The second-order valence-corrected chi connectivity index (χ2v) is 5.58. The number of nitrogens with two attached hydrogens (primary N) is 1. The first-order valence-electron chi connectivity index (χ1n) is 7.22. The number of hydrogen-bond acceptors (Lipinski definition) is 6. The van der Waals surface area contributed by atoms with E-state index in [0.717, 1.165) is 19.4 Å². The Labute approximate surface area is 124 Å². The van der Waals surface area contributed by atoms with Crippen molar-refractivity contribution in [3.05, 3.63) is 6.33 Å². The highest BCUT2D eigenvalue weighted by Crippen LogP contribution is 2.36. The van der Waals surface area contributed by atoms with Crippen molar-refractivity contribution in [3.63, 3.8) is 0 Å². The van der Waals surface area contributed by atoms with Crippen molar-refractivity contribution in [2.45, 2.75) is 26.7 Å². The van der Waals surface area contributed by atoms with Crippen LogP contribution in [0.1, 0.15) is 26.7 Å². The van der Waals surface area contributed by atoms with E-state index in [1.54, 1.807) is 7.05 Å². The van der Waals surface area contributed by atoms with Crippen molar-refractivity contribution in [1.82, 2.24) is 15.3 Å². The molecule has 21 heavy (non-hydrogen) atoms. The van der Waals surface area contributed by atoms with E-state index in [1.165, 1.54) is 6.33 Å². The smallest absolute Gasteiger partial charge is 0.242 e. The lowest BCUT2D eigenvalue weighted by Gasteiger charge is -2.24. The van der Waals surface area contributed by atoms with Crippen molar-refractivity contribution < 1.29 is 9.53 Å². The number of ether oxygens (including phenoxy) is 1. The van der Waals surface area contributed by atoms with E-state index < -0.39 is 5.41 Å². The highest BCUT2D eigenvalue weighted by molar-refractivity contribution is 5.84. The maximum atomic E-state index is 12.0. The third-order valence-electron chi connectivity index (χ3n) is 3.82. The zero-order valence-electron chi connectivity index (χ0n) is 12.8. The Hall–Kier alpha value is -2.05. The Morgan fingerprint density at radius 3 is 3.00 bits per heavy atom. The van der Waals surface area contributed by atoms with Crippen LogP contribution in [0.25, 0.3) is 0 Å². The molecule has 1 fully saturated rings. The lowest BCUT2D eigenvalue weighted by Crippen LogP contribution is -2.39. The molecule has 0 saturated carbocycles. The monoisotopic (exact) mass is 293 g/mol. The molecule has 0 spiro atoms. The van der Waals surface area contributed by atoms with Gasteiger partial charge in [-0.05, 0) is 19.8 Å². The first kappa shape index (κ1) is 15.3. The Morgan fingerprint density at radius 2 is 2.33 bits per heavy atom.